The van der Waals surface area contributed by atoms with Gasteiger partial charge >= 0.3 is 0 Å². The van der Waals surface area contributed by atoms with Gasteiger partial charge in [0.25, 0.3) is 0 Å². The highest BCUT2D eigenvalue weighted by Crippen LogP contribution is 2.49. The lowest BCUT2D eigenvalue weighted by molar-refractivity contribution is -0.133. The number of rotatable bonds is 4. The van der Waals surface area contributed by atoms with Crippen molar-refractivity contribution in [2.75, 3.05) is 39.8 Å². The highest BCUT2D eigenvalue weighted by molar-refractivity contribution is 7.89. The molecule has 4 rings (SSSR count). The van der Waals surface area contributed by atoms with Crippen LogP contribution in [0.3, 0.4) is 0 Å². The van der Waals surface area contributed by atoms with Gasteiger partial charge in [0.05, 0.1) is 22.4 Å². The molecule has 1 amide bonds. The highest BCUT2D eigenvalue weighted by atomic mass is 32.2. The summed E-state index contributed by atoms with van der Waals surface area (Å²) < 4.78 is 27.7. The van der Waals surface area contributed by atoms with Crippen LogP contribution in [0, 0.1) is 29.1 Å². The smallest absolute Gasteiger partial charge is 0.243 e. The van der Waals surface area contributed by atoms with Crippen LogP contribution >= 0.6 is 0 Å². The largest absolute Gasteiger partial charge is 0.339 e. The van der Waals surface area contributed by atoms with E-state index in [2.05, 4.69) is 18.7 Å². The van der Waals surface area contributed by atoms with E-state index in [1.165, 1.54) is 28.6 Å². The van der Waals surface area contributed by atoms with Crippen molar-refractivity contribution in [1.82, 2.24) is 14.1 Å². The van der Waals surface area contributed by atoms with Crippen LogP contribution in [0.2, 0.25) is 0 Å². The van der Waals surface area contributed by atoms with Crippen molar-refractivity contribution in [3.05, 3.63) is 29.8 Å². The van der Waals surface area contributed by atoms with Crippen molar-refractivity contribution in [3.8, 4) is 6.07 Å². The van der Waals surface area contributed by atoms with Crippen molar-refractivity contribution >= 4 is 15.9 Å². The van der Waals surface area contributed by atoms with Crippen LogP contribution in [0.4, 0.5) is 0 Å². The van der Waals surface area contributed by atoms with E-state index in [1.54, 1.807) is 0 Å². The van der Waals surface area contributed by atoms with E-state index in [1.807, 2.05) is 18.0 Å². The van der Waals surface area contributed by atoms with E-state index in [0.717, 1.165) is 19.6 Å². The first kappa shape index (κ1) is 21.3. The maximum atomic E-state index is 13.1. The Morgan fingerprint density at radius 2 is 1.80 bits per heavy atom. The number of carbonyl (C=O) groups excluding carboxylic acids is 1. The molecule has 0 saturated carbocycles. The molecule has 3 aliphatic heterocycles. The Morgan fingerprint density at radius 1 is 1.17 bits per heavy atom. The van der Waals surface area contributed by atoms with E-state index in [9.17, 15) is 13.2 Å². The molecular weight excluding hydrogens is 400 g/mol. The fourth-order valence-electron chi connectivity index (χ4n) is 5.73. The minimum absolute atomic E-state index is 0.0374. The predicted octanol–water partition coefficient (Wildman–Crippen LogP) is 1.76. The number of carbonyl (C=O) groups is 1. The number of amides is 1. The Bertz CT molecular complexity index is 959. The van der Waals surface area contributed by atoms with Gasteiger partial charge in [-0.15, -0.1) is 0 Å². The molecule has 3 saturated heterocycles. The lowest BCUT2D eigenvalue weighted by Crippen LogP contribution is -2.56. The molecule has 0 aliphatic carbocycles. The topological polar surface area (TPSA) is 84.7 Å². The van der Waals surface area contributed by atoms with E-state index >= 15 is 0 Å². The molecule has 8 heteroatoms. The summed E-state index contributed by atoms with van der Waals surface area (Å²) in [4.78, 5) is 17.6. The van der Waals surface area contributed by atoms with Gasteiger partial charge in [-0.05, 0) is 43.0 Å². The Labute approximate surface area is 179 Å². The number of nitrogens with zero attached hydrogens (tertiary/aromatic N) is 4. The van der Waals surface area contributed by atoms with Crippen LogP contribution in [0.15, 0.2) is 29.2 Å². The summed E-state index contributed by atoms with van der Waals surface area (Å²) in [5.41, 5.74) is 0.195. The molecule has 0 bridgehead atoms. The van der Waals surface area contributed by atoms with E-state index in [-0.39, 0.29) is 28.2 Å². The van der Waals surface area contributed by atoms with E-state index in [0.29, 0.717) is 37.4 Å². The van der Waals surface area contributed by atoms with Crippen LogP contribution in [-0.4, -0.2) is 73.7 Å². The minimum atomic E-state index is -3.60. The first-order chi connectivity index (χ1) is 14.2. The Morgan fingerprint density at radius 3 is 2.37 bits per heavy atom. The van der Waals surface area contributed by atoms with Gasteiger partial charge < -0.3 is 9.80 Å². The van der Waals surface area contributed by atoms with Gasteiger partial charge in [0.15, 0.2) is 0 Å². The summed E-state index contributed by atoms with van der Waals surface area (Å²) in [6.07, 6.45) is 1.34. The number of hydrogen-bond acceptors (Lipinski definition) is 5. The SMILES string of the molecule is CC(C)CN1C[C@H]2C(=O)N(C)C3(CCN(S(=O)(=O)c4ccc(C#N)cc4)CC3)[C@H]2C1. The Hall–Kier alpha value is -1.95. The number of fused-ring (bicyclic) bond motifs is 2. The number of benzene rings is 1. The molecule has 0 aromatic heterocycles. The molecule has 3 fully saturated rings. The second-order valence-corrected chi connectivity index (χ2v) is 11.3. The van der Waals surface area contributed by atoms with Crippen molar-refractivity contribution in [2.45, 2.75) is 37.1 Å². The number of nitriles is 1. The maximum Gasteiger partial charge on any atom is 0.243 e. The summed E-state index contributed by atoms with van der Waals surface area (Å²) >= 11 is 0. The zero-order valence-electron chi connectivity index (χ0n) is 17.9. The maximum absolute atomic E-state index is 13.1. The van der Waals surface area contributed by atoms with Gasteiger partial charge in [-0.25, -0.2) is 8.42 Å². The molecule has 2 atom stereocenters. The summed E-state index contributed by atoms with van der Waals surface area (Å²) in [5.74, 6) is 1.09. The lowest BCUT2D eigenvalue weighted by atomic mass is 9.75. The van der Waals surface area contributed by atoms with Gasteiger partial charge in [0.2, 0.25) is 15.9 Å². The first-order valence-corrected chi connectivity index (χ1v) is 12.1. The number of hydrogen-bond donors (Lipinski definition) is 0. The summed E-state index contributed by atoms with van der Waals surface area (Å²) in [7, 11) is -1.70. The van der Waals surface area contributed by atoms with Gasteiger partial charge in [-0.1, -0.05) is 13.8 Å². The van der Waals surface area contributed by atoms with Crippen LogP contribution in [0.5, 0.6) is 0 Å². The van der Waals surface area contributed by atoms with Gasteiger partial charge in [-0.2, -0.15) is 9.57 Å². The average molecular weight is 431 g/mol. The minimum Gasteiger partial charge on any atom is -0.339 e. The molecule has 0 N–H and O–H groups in total. The fraction of sp³-hybridized carbons (Fsp3) is 0.636. The lowest BCUT2D eigenvalue weighted by Gasteiger charge is -2.46. The van der Waals surface area contributed by atoms with Crippen LogP contribution in [-0.2, 0) is 14.8 Å². The third kappa shape index (κ3) is 3.33. The van der Waals surface area contributed by atoms with Crippen molar-refractivity contribution < 1.29 is 13.2 Å². The monoisotopic (exact) mass is 430 g/mol. The summed E-state index contributed by atoms with van der Waals surface area (Å²) in [6.45, 7) is 7.96. The molecule has 3 heterocycles. The standard InChI is InChI=1S/C22H30N4O3S/c1-16(2)13-25-14-19-20(15-25)22(24(3)21(19)27)8-10-26(11-9-22)30(28,29)18-6-4-17(12-23)5-7-18/h4-7,16,19-20H,8-11,13-15H2,1-3H3/t19-,20+/m1/s1. The number of likely N-dealkylation sites (tertiary alicyclic amines) is 2. The average Bonchev–Trinajstić information content (AvgIpc) is 3.22. The molecule has 1 aromatic rings. The van der Waals surface area contributed by atoms with Crippen LogP contribution in [0.25, 0.3) is 0 Å². The van der Waals surface area contributed by atoms with Gasteiger partial charge in [-0.3, -0.25) is 4.79 Å². The van der Waals surface area contributed by atoms with E-state index in [4.69, 9.17) is 5.26 Å². The summed E-state index contributed by atoms with van der Waals surface area (Å²) in [5, 5.41) is 8.94. The molecule has 0 unspecified atom stereocenters. The van der Waals surface area contributed by atoms with Gasteiger partial charge in [0, 0.05) is 51.2 Å². The molecule has 1 aromatic carbocycles. The second-order valence-electron chi connectivity index (χ2n) is 9.37. The normalized spacial score (nSPS) is 27.0. The van der Waals surface area contributed by atoms with E-state index < -0.39 is 10.0 Å². The highest BCUT2D eigenvalue weighted by Gasteiger charge is 2.60. The number of sulfonamides is 1. The zero-order valence-corrected chi connectivity index (χ0v) is 18.7. The quantitative estimate of drug-likeness (QED) is 0.727. The van der Waals surface area contributed by atoms with Gasteiger partial charge in [0.1, 0.15) is 0 Å². The van der Waals surface area contributed by atoms with Crippen molar-refractivity contribution in [1.29, 1.82) is 5.26 Å². The molecule has 1 spiro atoms. The van der Waals surface area contributed by atoms with Crippen LogP contribution < -0.4 is 0 Å². The molecule has 3 aliphatic rings. The molecule has 30 heavy (non-hydrogen) atoms. The molecular formula is C22H30N4O3S. The summed E-state index contributed by atoms with van der Waals surface area (Å²) in [6, 6.07) is 8.09. The molecule has 7 nitrogen and oxygen atoms in total. The Kier molecular flexibility index (Phi) is 5.41. The molecule has 0 radical (unpaired) electrons. The predicted molar refractivity (Wildman–Crippen MR) is 113 cm³/mol. The van der Waals surface area contributed by atoms with Crippen molar-refractivity contribution in [2.24, 2.45) is 17.8 Å². The third-order valence-electron chi connectivity index (χ3n) is 7.23. The molecule has 162 valence electrons. The zero-order chi connectivity index (χ0) is 21.7. The van der Waals surface area contributed by atoms with Crippen molar-refractivity contribution in [3.63, 3.8) is 0 Å². The first-order valence-electron chi connectivity index (χ1n) is 10.7. The fourth-order valence-corrected chi connectivity index (χ4v) is 7.17. The second kappa shape index (κ2) is 7.63. The third-order valence-corrected chi connectivity index (χ3v) is 9.15. The Balaban J connectivity index is 1.51. The number of piperidine rings is 1. The van der Waals surface area contributed by atoms with Crippen LogP contribution in [0.1, 0.15) is 32.3 Å².